The maximum Gasteiger partial charge on any atom is 0.310 e. The van der Waals surface area contributed by atoms with Crippen LogP contribution in [-0.2, 0) is 16.0 Å². The van der Waals surface area contributed by atoms with Crippen LogP contribution in [0.1, 0.15) is 22.8 Å². The summed E-state index contributed by atoms with van der Waals surface area (Å²) >= 11 is 0. The largest absolute Gasteiger partial charge is 0.466 e. The minimum Gasteiger partial charge on any atom is -0.466 e. The molecule has 74 valence electrons. The topological polar surface area (TPSA) is 43.4 Å². The van der Waals surface area contributed by atoms with Gasteiger partial charge in [0, 0.05) is 5.56 Å². The van der Waals surface area contributed by atoms with Crippen molar-refractivity contribution < 1.29 is 14.3 Å². The smallest absolute Gasteiger partial charge is 0.310 e. The van der Waals surface area contributed by atoms with Crippen molar-refractivity contribution >= 4 is 12.3 Å². The number of hydrogen-bond donors (Lipinski definition) is 0. The first-order valence-electron chi connectivity index (χ1n) is 4.46. The highest BCUT2D eigenvalue weighted by Crippen LogP contribution is 2.04. The van der Waals surface area contributed by atoms with Crippen molar-refractivity contribution in [1.29, 1.82) is 0 Å². The van der Waals surface area contributed by atoms with Gasteiger partial charge >= 0.3 is 5.97 Å². The summed E-state index contributed by atoms with van der Waals surface area (Å²) in [5.74, 6) is -0.244. The molecular weight excluding hydrogens is 180 g/mol. The van der Waals surface area contributed by atoms with E-state index in [9.17, 15) is 9.59 Å². The molecule has 0 N–H and O–H groups in total. The molecule has 0 aliphatic carbocycles. The SMILES string of the molecule is CCOC(=O)Cc1ccc(C=O)cc1. The molecule has 0 atom stereocenters. The van der Waals surface area contributed by atoms with Gasteiger partial charge in [-0.15, -0.1) is 0 Å². The highest BCUT2D eigenvalue weighted by Gasteiger charge is 2.02. The van der Waals surface area contributed by atoms with E-state index in [0.717, 1.165) is 11.8 Å². The molecule has 1 aromatic rings. The fourth-order valence-corrected chi connectivity index (χ4v) is 1.09. The molecule has 0 heterocycles. The summed E-state index contributed by atoms with van der Waals surface area (Å²) in [6, 6.07) is 6.87. The minimum atomic E-state index is -0.244. The van der Waals surface area contributed by atoms with Crippen LogP contribution in [0.15, 0.2) is 24.3 Å². The lowest BCUT2D eigenvalue weighted by atomic mass is 10.1. The van der Waals surface area contributed by atoms with E-state index in [1.165, 1.54) is 0 Å². The van der Waals surface area contributed by atoms with Gasteiger partial charge in [-0.05, 0) is 12.5 Å². The van der Waals surface area contributed by atoms with Crippen LogP contribution in [0.3, 0.4) is 0 Å². The first kappa shape index (κ1) is 10.4. The molecule has 0 unspecified atom stereocenters. The monoisotopic (exact) mass is 192 g/mol. The van der Waals surface area contributed by atoms with Crippen LogP contribution in [0.5, 0.6) is 0 Å². The molecule has 0 fully saturated rings. The minimum absolute atomic E-state index is 0.244. The fraction of sp³-hybridized carbons (Fsp3) is 0.273. The molecule has 0 radical (unpaired) electrons. The van der Waals surface area contributed by atoms with Crippen molar-refractivity contribution in [3.8, 4) is 0 Å². The Hall–Kier alpha value is -1.64. The fourth-order valence-electron chi connectivity index (χ4n) is 1.09. The molecule has 1 aromatic carbocycles. The van der Waals surface area contributed by atoms with E-state index >= 15 is 0 Å². The second kappa shape index (κ2) is 5.17. The van der Waals surface area contributed by atoms with Crippen LogP contribution in [0.4, 0.5) is 0 Å². The van der Waals surface area contributed by atoms with E-state index < -0.39 is 0 Å². The van der Waals surface area contributed by atoms with Crippen LogP contribution >= 0.6 is 0 Å². The van der Waals surface area contributed by atoms with Gasteiger partial charge in [-0.1, -0.05) is 24.3 Å². The highest BCUT2D eigenvalue weighted by molar-refractivity contribution is 5.76. The number of benzene rings is 1. The number of esters is 1. The molecule has 1 rings (SSSR count). The number of hydrogen-bond acceptors (Lipinski definition) is 3. The Morgan fingerprint density at radius 1 is 1.36 bits per heavy atom. The summed E-state index contributed by atoms with van der Waals surface area (Å²) in [6.07, 6.45) is 1.03. The predicted molar refractivity (Wildman–Crippen MR) is 52.2 cm³/mol. The molecule has 3 heteroatoms. The zero-order valence-corrected chi connectivity index (χ0v) is 8.03. The average molecular weight is 192 g/mol. The predicted octanol–water partition coefficient (Wildman–Crippen LogP) is 1.60. The van der Waals surface area contributed by atoms with Crippen molar-refractivity contribution in [2.24, 2.45) is 0 Å². The zero-order valence-electron chi connectivity index (χ0n) is 8.03. The summed E-state index contributed by atoms with van der Waals surface area (Å²) in [5.41, 5.74) is 1.46. The Morgan fingerprint density at radius 3 is 2.50 bits per heavy atom. The lowest BCUT2D eigenvalue weighted by Gasteiger charge is -2.01. The number of rotatable bonds is 4. The van der Waals surface area contributed by atoms with Gasteiger partial charge in [-0.2, -0.15) is 0 Å². The van der Waals surface area contributed by atoms with Crippen LogP contribution in [-0.4, -0.2) is 18.9 Å². The Morgan fingerprint density at radius 2 is 2.00 bits per heavy atom. The van der Waals surface area contributed by atoms with Gasteiger partial charge in [0.1, 0.15) is 6.29 Å². The summed E-state index contributed by atoms with van der Waals surface area (Å²) in [7, 11) is 0. The van der Waals surface area contributed by atoms with Gasteiger partial charge in [-0.25, -0.2) is 0 Å². The van der Waals surface area contributed by atoms with Gasteiger partial charge in [-0.3, -0.25) is 9.59 Å². The van der Waals surface area contributed by atoms with Gasteiger partial charge < -0.3 is 4.74 Å². The van der Waals surface area contributed by atoms with E-state index in [-0.39, 0.29) is 12.4 Å². The molecule has 0 saturated heterocycles. The van der Waals surface area contributed by atoms with Crippen LogP contribution in [0, 0.1) is 0 Å². The summed E-state index contributed by atoms with van der Waals surface area (Å²) < 4.78 is 4.79. The molecule has 3 nitrogen and oxygen atoms in total. The van der Waals surface area contributed by atoms with Crippen LogP contribution in [0.25, 0.3) is 0 Å². The van der Waals surface area contributed by atoms with Crippen LogP contribution < -0.4 is 0 Å². The third-order valence-electron chi connectivity index (χ3n) is 1.77. The maximum atomic E-state index is 11.1. The van der Waals surface area contributed by atoms with Crippen molar-refractivity contribution in [2.75, 3.05) is 6.61 Å². The molecule has 0 aliphatic heterocycles. The van der Waals surface area contributed by atoms with Gasteiger partial charge in [0.2, 0.25) is 0 Å². The first-order chi connectivity index (χ1) is 6.76. The molecular formula is C11H12O3. The van der Waals surface area contributed by atoms with E-state index in [4.69, 9.17) is 4.74 Å². The van der Waals surface area contributed by atoms with E-state index in [2.05, 4.69) is 0 Å². The Labute approximate surface area is 82.7 Å². The Balaban J connectivity index is 2.59. The second-order valence-electron chi connectivity index (χ2n) is 2.84. The standard InChI is InChI=1S/C11H12O3/c1-2-14-11(13)7-9-3-5-10(8-12)6-4-9/h3-6,8H,2,7H2,1H3. The number of ether oxygens (including phenoxy) is 1. The molecule has 0 bridgehead atoms. The van der Waals surface area contributed by atoms with Crippen molar-refractivity contribution in [1.82, 2.24) is 0 Å². The molecule has 0 spiro atoms. The van der Waals surface area contributed by atoms with Crippen molar-refractivity contribution in [3.63, 3.8) is 0 Å². The van der Waals surface area contributed by atoms with Gasteiger partial charge in [0.05, 0.1) is 13.0 Å². The van der Waals surface area contributed by atoms with Gasteiger partial charge in [0.15, 0.2) is 0 Å². The molecule has 0 amide bonds. The van der Waals surface area contributed by atoms with E-state index in [0.29, 0.717) is 12.2 Å². The van der Waals surface area contributed by atoms with Gasteiger partial charge in [0.25, 0.3) is 0 Å². The normalized spacial score (nSPS) is 9.50. The third-order valence-corrected chi connectivity index (χ3v) is 1.77. The third kappa shape index (κ3) is 3.01. The van der Waals surface area contributed by atoms with Crippen LogP contribution in [0.2, 0.25) is 0 Å². The molecule has 0 saturated carbocycles. The van der Waals surface area contributed by atoms with E-state index in [1.54, 1.807) is 31.2 Å². The number of carbonyl (C=O) groups is 2. The Kier molecular flexibility index (Phi) is 3.85. The zero-order chi connectivity index (χ0) is 10.4. The maximum absolute atomic E-state index is 11.1. The van der Waals surface area contributed by atoms with Crippen molar-refractivity contribution in [2.45, 2.75) is 13.3 Å². The quantitative estimate of drug-likeness (QED) is 0.537. The summed E-state index contributed by atoms with van der Waals surface area (Å²) in [5, 5.41) is 0. The molecule has 0 aromatic heterocycles. The lowest BCUT2D eigenvalue weighted by molar-refractivity contribution is -0.142. The van der Waals surface area contributed by atoms with Crippen molar-refractivity contribution in [3.05, 3.63) is 35.4 Å². The first-order valence-corrected chi connectivity index (χ1v) is 4.46. The van der Waals surface area contributed by atoms with E-state index in [1.807, 2.05) is 0 Å². The second-order valence-corrected chi connectivity index (χ2v) is 2.84. The molecule has 14 heavy (non-hydrogen) atoms. The summed E-state index contributed by atoms with van der Waals surface area (Å²) in [6.45, 7) is 2.17. The molecule has 0 aliphatic rings. The number of carbonyl (C=O) groups excluding carboxylic acids is 2. The average Bonchev–Trinajstić information content (AvgIpc) is 2.19. The lowest BCUT2D eigenvalue weighted by Crippen LogP contribution is -2.07. The summed E-state index contributed by atoms with van der Waals surface area (Å²) in [4.78, 5) is 21.4. The Bertz CT molecular complexity index is 314. The highest BCUT2D eigenvalue weighted by atomic mass is 16.5. The number of aldehydes is 1.